The number of hydrogen-bond donors (Lipinski definition) is 0. The van der Waals surface area contributed by atoms with Crippen LogP contribution in [0.3, 0.4) is 0 Å². The molecule has 2 aliphatic carbocycles. The topological polar surface area (TPSA) is 61.6 Å². The third kappa shape index (κ3) is 3.09. The summed E-state index contributed by atoms with van der Waals surface area (Å²) in [6, 6.07) is 3.73. The molecule has 0 amide bonds. The minimum Gasteiger partial charge on any atom is -0.493 e. The molecule has 0 bridgehead atoms. The summed E-state index contributed by atoms with van der Waals surface area (Å²) in [7, 11) is 3.14. The van der Waals surface area contributed by atoms with Gasteiger partial charge in [0, 0.05) is 23.3 Å². The number of methoxy groups -OCH3 is 2. The Hall–Kier alpha value is -2.47. The second-order valence-electron chi connectivity index (χ2n) is 6.08. The van der Waals surface area contributed by atoms with Crippen LogP contribution in [0.15, 0.2) is 41.1 Å². The standard InChI is InChI=1S/C19H19NO4S/c1-11-4-7-18(25)14(8-11)19-13-10-17(24-3)16(23-2)9-12(13)5-6-15(19)20(21)22/h4,8-10H,5-7H2,1-3H3. The number of aryl methyl sites for hydroxylation is 1. The van der Waals surface area contributed by atoms with Gasteiger partial charge in [-0.1, -0.05) is 29.9 Å². The monoisotopic (exact) mass is 357 g/mol. The summed E-state index contributed by atoms with van der Waals surface area (Å²) in [6.45, 7) is 1.98. The highest BCUT2D eigenvalue weighted by Gasteiger charge is 2.32. The highest BCUT2D eigenvalue weighted by molar-refractivity contribution is 7.81. The summed E-state index contributed by atoms with van der Waals surface area (Å²) in [4.78, 5) is 12.1. The zero-order chi connectivity index (χ0) is 18.1. The Morgan fingerprint density at radius 3 is 2.48 bits per heavy atom. The van der Waals surface area contributed by atoms with Crippen LogP contribution in [-0.4, -0.2) is 24.0 Å². The number of fused-ring (bicyclic) bond motifs is 1. The number of allylic oxidation sites excluding steroid dienone is 6. The first kappa shape index (κ1) is 17.4. The molecule has 2 aliphatic rings. The summed E-state index contributed by atoms with van der Waals surface area (Å²) in [6.07, 6.45) is 5.56. The highest BCUT2D eigenvalue weighted by Crippen LogP contribution is 2.43. The van der Waals surface area contributed by atoms with Crippen LogP contribution in [0.2, 0.25) is 0 Å². The number of benzene rings is 1. The van der Waals surface area contributed by atoms with E-state index in [2.05, 4.69) is 0 Å². The maximum Gasteiger partial charge on any atom is 0.254 e. The molecule has 0 aliphatic heterocycles. The van der Waals surface area contributed by atoms with Crippen molar-refractivity contribution in [2.45, 2.75) is 26.2 Å². The maximum absolute atomic E-state index is 11.7. The Labute approximate surface area is 151 Å². The molecule has 0 spiro atoms. The molecule has 25 heavy (non-hydrogen) atoms. The smallest absolute Gasteiger partial charge is 0.254 e. The van der Waals surface area contributed by atoms with Crippen LogP contribution in [0.25, 0.3) is 5.57 Å². The molecule has 0 aromatic heterocycles. The first-order chi connectivity index (χ1) is 12.0. The fourth-order valence-corrected chi connectivity index (χ4v) is 3.56. The minimum absolute atomic E-state index is 0.211. The average molecular weight is 357 g/mol. The zero-order valence-corrected chi connectivity index (χ0v) is 15.2. The van der Waals surface area contributed by atoms with Gasteiger partial charge in [0.15, 0.2) is 11.5 Å². The van der Waals surface area contributed by atoms with E-state index in [1.54, 1.807) is 14.2 Å². The van der Waals surface area contributed by atoms with Crippen LogP contribution < -0.4 is 9.47 Å². The molecule has 3 rings (SSSR count). The lowest BCUT2D eigenvalue weighted by molar-refractivity contribution is -0.427. The van der Waals surface area contributed by atoms with Crippen molar-refractivity contribution in [3.05, 3.63) is 62.4 Å². The highest BCUT2D eigenvalue weighted by atomic mass is 32.1. The van der Waals surface area contributed by atoms with Gasteiger partial charge in [-0.25, -0.2) is 0 Å². The van der Waals surface area contributed by atoms with Crippen molar-refractivity contribution in [1.82, 2.24) is 0 Å². The lowest BCUT2D eigenvalue weighted by atomic mass is 9.81. The zero-order valence-electron chi connectivity index (χ0n) is 14.4. The van der Waals surface area contributed by atoms with Crippen LogP contribution in [0.4, 0.5) is 0 Å². The minimum atomic E-state index is -0.286. The third-order valence-corrected chi connectivity index (χ3v) is 4.96. The predicted molar refractivity (Wildman–Crippen MR) is 101 cm³/mol. The largest absolute Gasteiger partial charge is 0.493 e. The van der Waals surface area contributed by atoms with E-state index in [-0.39, 0.29) is 10.6 Å². The van der Waals surface area contributed by atoms with Gasteiger partial charge < -0.3 is 9.47 Å². The SMILES string of the molecule is COc1cc2c(cc1OC)C(C1=CC(C)=CCC1=S)=C([N+](=O)[O-])CC2. The van der Waals surface area contributed by atoms with Crippen LogP contribution in [0.1, 0.15) is 30.9 Å². The molecule has 0 radical (unpaired) electrons. The fraction of sp³-hybridized carbons (Fsp3) is 0.316. The molecule has 0 heterocycles. The first-order valence-corrected chi connectivity index (χ1v) is 8.42. The van der Waals surface area contributed by atoms with E-state index in [1.807, 2.05) is 31.2 Å². The van der Waals surface area contributed by atoms with Gasteiger partial charge in [0.2, 0.25) is 0 Å². The quantitative estimate of drug-likeness (QED) is 0.457. The van der Waals surface area contributed by atoms with Gasteiger partial charge in [0.1, 0.15) is 0 Å². The van der Waals surface area contributed by atoms with Crippen LogP contribution in [0, 0.1) is 10.1 Å². The second-order valence-corrected chi connectivity index (χ2v) is 6.57. The fourth-order valence-electron chi connectivity index (χ4n) is 3.32. The summed E-state index contributed by atoms with van der Waals surface area (Å²) >= 11 is 5.51. The van der Waals surface area contributed by atoms with E-state index < -0.39 is 0 Å². The van der Waals surface area contributed by atoms with Gasteiger partial charge in [-0.2, -0.15) is 0 Å². The Bertz CT molecular complexity index is 864. The number of hydrogen-bond acceptors (Lipinski definition) is 5. The van der Waals surface area contributed by atoms with Crippen LogP contribution >= 0.6 is 12.2 Å². The molecule has 0 saturated heterocycles. The van der Waals surface area contributed by atoms with Gasteiger partial charge in [0.05, 0.1) is 24.7 Å². The summed E-state index contributed by atoms with van der Waals surface area (Å²) in [5, 5.41) is 11.7. The van der Waals surface area contributed by atoms with Crippen molar-refractivity contribution >= 4 is 22.7 Å². The molecule has 1 aromatic rings. The lowest BCUT2D eigenvalue weighted by Crippen LogP contribution is -2.17. The van der Waals surface area contributed by atoms with Crippen LogP contribution in [-0.2, 0) is 6.42 Å². The van der Waals surface area contributed by atoms with Gasteiger partial charge in [-0.05, 0) is 36.6 Å². The number of ether oxygens (including phenoxy) is 2. The van der Waals surface area contributed by atoms with Crippen molar-refractivity contribution in [3.63, 3.8) is 0 Å². The molecule has 0 atom stereocenters. The molecule has 1 aromatic carbocycles. The number of nitrogens with zero attached hydrogens (tertiary/aromatic N) is 1. The van der Waals surface area contributed by atoms with E-state index >= 15 is 0 Å². The normalized spacial score (nSPS) is 16.8. The number of rotatable bonds is 4. The molecule has 0 saturated carbocycles. The molecule has 6 heteroatoms. The Morgan fingerprint density at radius 1 is 1.16 bits per heavy atom. The van der Waals surface area contributed by atoms with E-state index in [1.165, 1.54) is 0 Å². The van der Waals surface area contributed by atoms with E-state index in [9.17, 15) is 10.1 Å². The van der Waals surface area contributed by atoms with Crippen molar-refractivity contribution in [3.8, 4) is 11.5 Å². The maximum atomic E-state index is 11.7. The van der Waals surface area contributed by atoms with Crippen LogP contribution in [0.5, 0.6) is 11.5 Å². The van der Waals surface area contributed by atoms with Crippen molar-refractivity contribution in [1.29, 1.82) is 0 Å². The molecule has 0 N–H and O–H groups in total. The lowest BCUT2D eigenvalue weighted by Gasteiger charge is -2.24. The Morgan fingerprint density at radius 2 is 1.84 bits per heavy atom. The van der Waals surface area contributed by atoms with Crippen molar-refractivity contribution in [2.75, 3.05) is 14.2 Å². The van der Waals surface area contributed by atoms with E-state index in [0.29, 0.717) is 36.3 Å². The first-order valence-electron chi connectivity index (χ1n) is 8.01. The van der Waals surface area contributed by atoms with Gasteiger partial charge in [-0.15, -0.1) is 0 Å². The number of nitro groups is 1. The van der Waals surface area contributed by atoms with E-state index in [4.69, 9.17) is 21.7 Å². The summed E-state index contributed by atoms with van der Waals surface area (Å²) in [5.74, 6) is 1.18. The Balaban J connectivity index is 2.28. The van der Waals surface area contributed by atoms with E-state index in [0.717, 1.165) is 27.1 Å². The molecule has 0 unspecified atom stereocenters. The molecular weight excluding hydrogens is 338 g/mol. The Kier molecular flexibility index (Phi) is 4.72. The summed E-state index contributed by atoms with van der Waals surface area (Å²) < 4.78 is 10.8. The summed E-state index contributed by atoms with van der Waals surface area (Å²) in [5.41, 5.74) is 4.47. The van der Waals surface area contributed by atoms with Gasteiger partial charge >= 0.3 is 0 Å². The average Bonchev–Trinajstić information content (AvgIpc) is 2.61. The van der Waals surface area contributed by atoms with Crippen molar-refractivity contribution in [2.24, 2.45) is 0 Å². The van der Waals surface area contributed by atoms with Gasteiger partial charge in [-0.3, -0.25) is 10.1 Å². The molecule has 130 valence electrons. The second kappa shape index (κ2) is 6.80. The molecule has 0 fully saturated rings. The molecule has 5 nitrogen and oxygen atoms in total. The third-order valence-electron chi connectivity index (χ3n) is 4.57. The predicted octanol–water partition coefficient (Wildman–Crippen LogP) is 4.28. The van der Waals surface area contributed by atoms with Gasteiger partial charge in [0.25, 0.3) is 5.70 Å². The number of thiocarbonyl (C=S) groups is 1. The van der Waals surface area contributed by atoms with Crippen molar-refractivity contribution < 1.29 is 14.4 Å². The molecular formula is C19H19NO4S.